The molecule has 312 valence electrons. The fourth-order valence-electron chi connectivity index (χ4n) is 6.18. The Labute approximate surface area is 336 Å². The van der Waals surface area contributed by atoms with E-state index in [1.54, 1.807) is 68.1 Å². The highest BCUT2D eigenvalue weighted by Gasteiger charge is 2.24. The number of nitrogens with two attached hydrogens (primary N) is 1. The number of aromatic nitrogens is 3. The lowest BCUT2D eigenvalue weighted by molar-refractivity contribution is -0.129. The molecule has 0 unspecified atom stereocenters. The lowest BCUT2D eigenvalue weighted by atomic mass is 10.1. The maximum absolute atomic E-state index is 13.7. The molecule has 18 nitrogen and oxygen atoms in total. The number of H-pyrrole nitrogens is 1. The molecule has 0 saturated carbocycles. The lowest BCUT2D eigenvalue weighted by Crippen LogP contribution is -2.36. The van der Waals surface area contributed by atoms with Crippen molar-refractivity contribution in [3.05, 3.63) is 87.0 Å². The number of nitrogens with one attached hydrogen (secondary N) is 5. The summed E-state index contributed by atoms with van der Waals surface area (Å²) in [6.07, 6.45) is 6.40. The second-order valence-electron chi connectivity index (χ2n) is 13.6. The Hall–Kier alpha value is -5.92. The largest absolute Gasteiger partial charge is 0.477 e. The zero-order valence-electron chi connectivity index (χ0n) is 32.9. The maximum Gasteiger partial charge on any atom is 0.353 e. The van der Waals surface area contributed by atoms with Gasteiger partial charge in [-0.1, -0.05) is 23.8 Å². The number of aromatic amines is 1. The van der Waals surface area contributed by atoms with Crippen molar-refractivity contribution >= 4 is 56.3 Å². The SMILES string of the molecule is Cc1cc(C)c(S(=O)(=O)/N=C(/CNC(=O)c2cn(CCCNC(=O)CCC(=O)NCCCOCCCN)c3cc(CNc4ncc[nH]4)ccc3c2=O)C(=O)O)c(C)c1. The number of ether oxygens (including phenoxy) is 1. The quantitative estimate of drug-likeness (QED) is 0.0419. The third-order valence-electron chi connectivity index (χ3n) is 8.86. The van der Waals surface area contributed by atoms with Crippen LogP contribution in [0.1, 0.15) is 64.7 Å². The van der Waals surface area contributed by atoms with Gasteiger partial charge in [0.15, 0.2) is 11.7 Å². The molecule has 4 rings (SSSR count). The molecule has 8 N–H and O–H groups in total. The van der Waals surface area contributed by atoms with Gasteiger partial charge in [-0.3, -0.25) is 19.2 Å². The molecule has 58 heavy (non-hydrogen) atoms. The number of hydrogen-bond acceptors (Lipinski definition) is 11. The minimum absolute atomic E-state index is 0.0106. The summed E-state index contributed by atoms with van der Waals surface area (Å²) < 4.78 is 37.1. The third kappa shape index (κ3) is 13.1. The fourth-order valence-corrected chi connectivity index (χ4v) is 7.64. The van der Waals surface area contributed by atoms with Crippen LogP contribution in [0.15, 0.2) is 63.0 Å². The molecule has 0 fully saturated rings. The predicted molar refractivity (Wildman–Crippen MR) is 218 cm³/mol. The molecular weight excluding hydrogens is 771 g/mol. The van der Waals surface area contributed by atoms with E-state index >= 15 is 0 Å². The van der Waals surface area contributed by atoms with E-state index in [2.05, 4.69) is 35.6 Å². The monoisotopic (exact) mass is 821 g/mol. The normalized spacial score (nSPS) is 11.7. The van der Waals surface area contributed by atoms with Gasteiger partial charge >= 0.3 is 5.97 Å². The van der Waals surface area contributed by atoms with Gasteiger partial charge in [0.05, 0.1) is 17.0 Å². The first kappa shape index (κ1) is 44.8. The number of sulfonamides is 1. The highest BCUT2D eigenvalue weighted by atomic mass is 32.2. The van der Waals surface area contributed by atoms with Crippen LogP contribution >= 0.6 is 0 Å². The van der Waals surface area contributed by atoms with Gasteiger partial charge in [0.1, 0.15) is 5.56 Å². The number of nitrogens with zero attached hydrogens (tertiary/aromatic N) is 3. The number of carboxylic acids is 1. The molecule has 0 radical (unpaired) electrons. The number of carboxylic acid groups (broad SMARTS) is 1. The molecule has 0 atom stereocenters. The highest BCUT2D eigenvalue weighted by Crippen LogP contribution is 2.24. The summed E-state index contributed by atoms with van der Waals surface area (Å²) in [5.74, 6) is -2.63. The first-order valence-electron chi connectivity index (χ1n) is 18.8. The minimum atomic E-state index is -4.48. The molecule has 0 saturated heterocycles. The first-order valence-corrected chi connectivity index (χ1v) is 20.3. The van der Waals surface area contributed by atoms with Crippen molar-refractivity contribution in [3.8, 4) is 0 Å². The van der Waals surface area contributed by atoms with Gasteiger partial charge in [0.2, 0.25) is 17.2 Å². The number of pyridine rings is 1. The van der Waals surface area contributed by atoms with Crippen LogP contribution in [0.3, 0.4) is 0 Å². The molecule has 4 aromatic rings. The van der Waals surface area contributed by atoms with Crippen LogP contribution in [0.4, 0.5) is 5.95 Å². The van der Waals surface area contributed by atoms with Crippen LogP contribution in [0, 0.1) is 20.8 Å². The van der Waals surface area contributed by atoms with Crippen molar-refractivity contribution in [1.29, 1.82) is 0 Å². The average Bonchev–Trinajstić information content (AvgIpc) is 3.70. The summed E-state index contributed by atoms with van der Waals surface area (Å²) in [6, 6.07) is 8.36. The number of amides is 3. The van der Waals surface area contributed by atoms with Gasteiger partial charge in [-0.05, 0) is 75.4 Å². The zero-order chi connectivity index (χ0) is 42.2. The summed E-state index contributed by atoms with van der Waals surface area (Å²) in [5.41, 5.74) is 6.52. The van der Waals surface area contributed by atoms with Crippen LogP contribution in [-0.4, -0.2) is 96.9 Å². The van der Waals surface area contributed by atoms with Crippen LogP contribution < -0.4 is 32.4 Å². The second kappa shape index (κ2) is 21.6. The average molecular weight is 822 g/mol. The fraction of sp³-hybridized carbons (Fsp3) is 0.410. The summed E-state index contributed by atoms with van der Waals surface area (Å²) in [5, 5.41) is 21.1. The van der Waals surface area contributed by atoms with E-state index in [-0.39, 0.29) is 53.6 Å². The molecule has 19 heteroatoms. The Morgan fingerprint density at radius 2 is 1.62 bits per heavy atom. The van der Waals surface area contributed by atoms with E-state index in [4.69, 9.17) is 10.5 Å². The van der Waals surface area contributed by atoms with E-state index in [9.17, 15) is 37.5 Å². The first-order chi connectivity index (χ1) is 27.7. The molecule has 0 aliphatic heterocycles. The molecule has 2 aromatic heterocycles. The molecule has 0 aliphatic carbocycles. The van der Waals surface area contributed by atoms with Crippen LogP contribution in [0.25, 0.3) is 10.9 Å². The van der Waals surface area contributed by atoms with Gasteiger partial charge in [-0.25, -0.2) is 9.78 Å². The van der Waals surface area contributed by atoms with Crippen LogP contribution in [0.2, 0.25) is 0 Å². The number of fused-ring (bicyclic) bond motifs is 1. The number of benzene rings is 2. The van der Waals surface area contributed by atoms with Crippen molar-refractivity contribution < 1.29 is 37.4 Å². The van der Waals surface area contributed by atoms with Gasteiger partial charge in [0.25, 0.3) is 15.9 Å². The Morgan fingerprint density at radius 1 is 0.948 bits per heavy atom. The molecular formula is C39H51N9O9S. The molecule has 3 amide bonds. The number of hydrogen-bond donors (Lipinski definition) is 7. The third-order valence-corrected chi connectivity index (χ3v) is 10.5. The molecule has 2 aromatic carbocycles. The van der Waals surface area contributed by atoms with Crippen molar-refractivity contribution in [2.45, 2.75) is 70.9 Å². The van der Waals surface area contributed by atoms with Crippen molar-refractivity contribution in [3.63, 3.8) is 0 Å². The summed E-state index contributed by atoms with van der Waals surface area (Å²) in [4.78, 5) is 71.0. The van der Waals surface area contributed by atoms with E-state index in [1.807, 2.05) is 0 Å². The van der Waals surface area contributed by atoms with Crippen LogP contribution in [0.5, 0.6) is 0 Å². The van der Waals surface area contributed by atoms with Crippen LogP contribution in [-0.2, 0) is 42.2 Å². The predicted octanol–water partition coefficient (Wildman–Crippen LogP) is 2.06. The summed E-state index contributed by atoms with van der Waals surface area (Å²) in [7, 11) is -4.48. The van der Waals surface area contributed by atoms with Gasteiger partial charge in [0, 0.05) is 76.2 Å². The number of aryl methyl sites for hydroxylation is 4. The van der Waals surface area contributed by atoms with E-state index in [0.29, 0.717) is 68.3 Å². The smallest absolute Gasteiger partial charge is 0.353 e. The number of rotatable bonds is 23. The Kier molecular flexibility index (Phi) is 16.7. The second-order valence-corrected chi connectivity index (χ2v) is 15.1. The standard InChI is InChI=1S/C39H51N9O9S/c1-25-19-26(2)36(27(3)20-25)58(55,56)47-31(38(53)54)23-45-37(52)30-24-48(32-21-28(7-8-29(32)35(30)51)22-46-39-43-14-15-44-39)16-5-12-41-33(49)9-10-34(50)42-13-6-18-57-17-4-11-40/h7-8,14-15,19-21,24H,4-6,9-13,16-18,22-23,40H2,1-3H3,(H,41,49)(H,42,50)(H,45,52)(H,53,54)(H2,43,44,46)/b47-31-. The molecule has 0 aliphatic rings. The Morgan fingerprint density at radius 3 is 2.26 bits per heavy atom. The molecule has 0 bridgehead atoms. The van der Waals surface area contributed by atoms with E-state index < -0.39 is 39.6 Å². The van der Waals surface area contributed by atoms with Crippen molar-refractivity contribution in [2.24, 2.45) is 10.1 Å². The summed E-state index contributed by atoms with van der Waals surface area (Å²) in [6.45, 7) is 7.05. The van der Waals surface area contributed by atoms with Gasteiger partial charge < -0.3 is 46.4 Å². The number of carbonyl (C=O) groups is 4. The van der Waals surface area contributed by atoms with Crippen molar-refractivity contribution in [1.82, 2.24) is 30.5 Å². The summed E-state index contributed by atoms with van der Waals surface area (Å²) >= 11 is 0. The van der Waals surface area contributed by atoms with Crippen molar-refractivity contribution in [2.75, 3.05) is 44.7 Å². The van der Waals surface area contributed by atoms with Gasteiger partial charge in [-0.15, -0.1) is 0 Å². The Balaban J connectivity index is 1.46. The number of imidazole rings is 1. The van der Waals surface area contributed by atoms with Gasteiger partial charge in [-0.2, -0.15) is 12.8 Å². The number of aliphatic carboxylic acids is 1. The maximum atomic E-state index is 13.7. The zero-order valence-corrected chi connectivity index (χ0v) is 33.7. The molecule has 2 heterocycles. The molecule has 0 spiro atoms. The minimum Gasteiger partial charge on any atom is -0.477 e. The van der Waals surface area contributed by atoms with E-state index in [1.165, 1.54) is 6.20 Å². The van der Waals surface area contributed by atoms with E-state index in [0.717, 1.165) is 17.5 Å². The number of carbonyl (C=O) groups excluding carboxylic acids is 3. The lowest BCUT2D eigenvalue weighted by Gasteiger charge is -2.15. The Bertz CT molecular complexity index is 2270. The topological polar surface area (TPSA) is 269 Å². The number of anilines is 1. The highest BCUT2D eigenvalue weighted by molar-refractivity contribution is 7.90.